The third-order valence-corrected chi connectivity index (χ3v) is 3.10. The topological polar surface area (TPSA) is 147 Å². The highest BCUT2D eigenvalue weighted by Crippen LogP contribution is 2.41. The van der Waals surface area contributed by atoms with Gasteiger partial charge in [-0.15, -0.1) is 0 Å². The molecule has 1 heterocycles. The van der Waals surface area contributed by atoms with Crippen LogP contribution in [-0.4, -0.2) is 51.9 Å². The Balaban J connectivity index is 0.00000102. The molecule has 1 unspecified atom stereocenters. The molecule has 0 saturated heterocycles. The van der Waals surface area contributed by atoms with Crippen LogP contribution in [0.15, 0.2) is 24.3 Å². The van der Waals surface area contributed by atoms with Crippen LogP contribution in [0.1, 0.15) is 17.7 Å². The van der Waals surface area contributed by atoms with E-state index in [1.165, 1.54) is 6.07 Å². The summed E-state index contributed by atoms with van der Waals surface area (Å²) in [4.78, 5) is 21.9. The number of aliphatic carboxylic acids is 2. The van der Waals surface area contributed by atoms with Crippen molar-refractivity contribution in [2.75, 3.05) is 6.54 Å². The number of hydrogen-bond acceptors (Lipinski definition) is 6. The molecule has 178 valence electrons. The summed E-state index contributed by atoms with van der Waals surface area (Å²) in [5.74, 6) is -9.20. The van der Waals surface area contributed by atoms with Gasteiger partial charge >= 0.3 is 30.2 Å². The van der Waals surface area contributed by atoms with E-state index in [4.69, 9.17) is 21.2 Å². The monoisotopic (exact) mass is 479 g/mol. The molecule has 1 aromatic heterocycles. The molecule has 1 atom stereocenters. The third-order valence-electron chi connectivity index (χ3n) is 3.10. The molecule has 0 radical (unpaired) electrons. The quantitative estimate of drug-likeness (QED) is 0.400. The van der Waals surface area contributed by atoms with Gasteiger partial charge in [0, 0.05) is 18.6 Å². The summed E-state index contributed by atoms with van der Waals surface area (Å²) >= 11 is 0. The number of rotatable bonds is 7. The summed E-state index contributed by atoms with van der Waals surface area (Å²) in [6.45, 7) is -0.669. The van der Waals surface area contributed by atoms with Crippen molar-refractivity contribution in [3.05, 3.63) is 35.5 Å². The van der Waals surface area contributed by atoms with Crippen molar-refractivity contribution in [2.45, 2.75) is 30.8 Å². The predicted molar refractivity (Wildman–Crippen MR) is 87.5 cm³/mol. The molecule has 1 aromatic rings. The molecule has 4 N–H and O–H groups in total. The molecule has 0 spiro atoms. The smallest absolute Gasteiger partial charge is 0.457 e. The van der Waals surface area contributed by atoms with E-state index in [-0.39, 0.29) is 0 Å². The van der Waals surface area contributed by atoms with Crippen molar-refractivity contribution in [2.24, 2.45) is 5.73 Å². The molecule has 0 amide bonds. The van der Waals surface area contributed by atoms with Gasteiger partial charge in [0.15, 0.2) is 6.10 Å². The van der Waals surface area contributed by atoms with Crippen molar-refractivity contribution in [1.29, 1.82) is 5.26 Å². The first kappa shape index (κ1) is 28.5. The first-order valence-corrected chi connectivity index (χ1v) is 7.90. The average molecular weight is 479 g/mol. The number of ether oxygens (including phenoxy) is 1. The minimum atomic E-state index is -6.03. The van der Waals surface area contributed by atoms with Crippen LogP contribution in [0, 0.1) is 11.3 Å². The van der Waals surface area contributed by atoms with E-state index in [2.05, 4.69) is 9.72 Å². The number of pyridine rings is 1. The van der Waals surface area contributed by atoms with Gasteiger partial charge in [-0.3, -0.25) is 0 Å². The Morgan fingerprint density at radius 3 is 1.94 bits per heavy atom. The Bertz CT molecular complexity index is 862. The lowest BCUT2D eigenvalue weighted by Gasteiger charge is -2.28. The lowest BCUT2D eigenvalue weighted by atomic mass is 10.1. The van der Waals surface area contributed by atoms with Gasteiger partial charge in [-0.05, 0) is 18.7 Å². The normalized spacial score (nSPS) is 13.0. The number of carboxylic acids is 2. The molecule has 0 saturated carbocycles. The number of halogens is 8. The van der Waals surface area contributed by atoms with Crippen LogP contribution < -0.4 is 10.5 Å². The molecule has 0 aromatic carbocycles. The summed E-state index contributed by atoms with van der Waals surface area (Å²) in [5, 5.41) is 24.4. The maximum Gasteiger partial charge on any atom is 0.457 e. The van der Waals surface area contributed by atoms with E-state index in [9.17, 15) is 44.7 Å². The highest BCUT2D eigenvalue weighted by atomic mass is 19.4. The standard InChI is InChI=1S/C12H9F8N3O.C4H4O4/c13-10(14,12(18,19)20)8(3-4-21)24-9-6(5-22)1-2-7(23-9)11(15,16)17;5-3(6)1-2-4(7)8/h1-2,8H,3-4,21H2;1-2H,(H,5,6)(H,7,8). The second-order valence-electron chi connectivity index (χ2n) is 5.47. The average Bonchev–Trinajstić information content (AvgIpc) is 2.64. The Morgan fingerprint density at radius 2 is 1.59 bits per heavy atom. The number of aromatic nitrogens is 1. The summed E-state index contributed by atoms with van der Waals surface area (Å²) in [5.41, 5.74) is 2.60. The number of nitriles is 1. The Hall–Kier alpha value is -3.48. The van der Waals surface area contributed by atoms with Gasteiger partial charge in [-0.25, -0.2) is 14.6 Å². The van der Waals surface area contributed by atoms with E-state index in [0.29, 0.717) is 24.3 Å². The molecule has 0 aliphatic carbocycles. The fourth-order valence-electron chi connectivity index (χ4n) is 1.70. The number of hydrogen-bond donors (Lipinski definition) is 3. The number of alkyl halides is 8. The van der Waals surface area contributed by atoms with Gasteiger partial charge in [-0.1, -0.05) is 0 Å². The molecule has 1 rings (SSSR count). The molecule has 0 aliphatic rings. The summed E-state index contributed by atoms with van der Waals surface area (Å²) < 4.78 is 106. The zero-order valence-corrected chi connectivity index (χ0v) is 15.4. The summed E-state index contributed by atoms with van der Waals surface area (Å²) in [6, 6.07) is 2.22. The number of nitrogens with zero attached hydrogens (tertiary/aromatic N) is 2. The van der Waals surface area contributed by atoms with Crippen LogP contribution >= 0.6 is 0 Å². The first-order valence-electron chi connectivity index (χ1n) is 7.90. The van der Waals surface area contributed by atoms with Crippen LogP contribution in [0.4, 0.5) is 35.1 Å². The highest BCUT2D eigenvalue weighted by Gasteiger charge is 2.63. The highest BCUT2D eigenvalue weighted by molar-refractivity contribution is 5.89. The van der Waals surface area contributed by atoms with E-state index in [0.717, 1.165) is 0 Å². The van der Waals surface area contributed by atoms with Crippen LogP contribution in [0.25, 0.3) is 0 Å². The van der Waals surface area contributed by atoms with Crippen molar-refractivity contribution in [1.82, 2.24) is 4.98 Å². The molecule has 0 bridgehead atoms. The SMILES string of the molecule is N#Cc1ccc(C(F)(F)F)nc1OC(CCN)C(F)(F)C(F)(F)F.O=C(O)C=CC(=O)O. The maximum absolute atomic E-state index is 13.4. The lowest BCUT2D eigenvalue weighted by molar-refractivity contribution is -0.309. The van der Waals surface area contributed by atoms with Crippen molar-refractivity contribution < 1.29 is 59.7 Å². The lowest BCUT2D eigenvalue weighted by Crippen LogP contribution is -2.50. The molecule has 0 fully saturated rings. The van der Waals surface area contributed by atoms with Crippen molar-refractivity contribution in [3.8, 4) is 11.9 Å². The Kier molecular flexibility index (Phi) is 10.0. The van der Waals surface area contributed by atoms with Crippen molar-refractivity contribution >= 4 is 11.9 Å². The van der Waals surface area contributed by atoms with Gasteiger partial charge in [0.25, 0.3) is 0 Å². The Morgan fingerprint density at radius 1 is 1.09 bits per heavy atom. The third kappa shape index (κ3) is 8.71. The summed E-state index contributed by atoms with van der Waals surface area (Å²) in [7, 11) is 0. The molecular formula is C16H13F8N3O5. The molecule has 16 heteroatoms. The second-order valence-corrected chi connectivity index (χ2v) is 5.47. The maximum atomic E-state index is 13.4. The number of carbonyl (C=O) groups is 2. The number of carboxylic acid groups (broad SMARTS) is 2. The van der Waals surface area contributed by atoms with Crippen LogP contribution in [0.3, 0.4) is 0 Å². The predicted octanol–water partition coefficient (Wildman–Crippen LogP) is 2.98. The Labute approximate surface area is 173 Å². The zero-order valence-electron chi connectivity index (χ0n) is 15.4. The van der Waals surface area contributed by atoms with Crippen LogP contribution in [0.2, 0.25) is 0 Å². The molecule has 8 nitrogen and oxygen atoms in total. The molecular weight excluding hydrogens is 466 g/mol. The zero-order chi connectivity index (χ0) is 25.3. The largest absolute Gasteiger partial charge is 0.478 e. The van der Waals surface area contributed by atoms with E-state index < -0.39 is 66.4 Å². The molecule has 32 heavy (non-hydrogen) atoms. The van der Waals surface area contributed by atoms with Crippen LogP contribution in [-0.2, 0) is 15.8 Å². The minimum absolute atomic E-state index is 0.366. The van der Waals surface area contributed by atoms with Gasteiger partial charge in [-0.2, -0.15) is 40.4 Å². The first-order chi connectivity index (χ1) is 14.5. The molecule has 0 aliphatic heterocycles. The number of nitrogens with two attached hydrogens (primary N) is 1. The second kappa shape index (κ2) is 11.2. The fraction of sp³-hybridized carbons (Fsp3) is 0.375. The van der Waals surface area contributed by atoms with Crippen LogP contribution in [0.5, 0.6) is 5.88 Å². The van der Waals surface area contributed by atoms with Gasteiger partial charge in [0.1, 0.15) is 17.3 Å². The van der Waals surface area contributed by atoms with Gasteiger partial charge in [0.2, 0.25) is 5.88 Å². The van der Waals surface area contributed by atoms with Gasteiger partial charge in [0.05, 0.1) is 0 Å². The van der Waals surface area contributed by atoms with E-state index in [1.54, 1.807) is 0 Å². The van der Waals surface area contributed by atoms with E-state index >= 15 is 0 Å². The fourth-order valence-corrected chi connectivity index (χ4v) is 1.70. The minimum Gasteiger partial charge on any atom is -0.478 e. The van der Waals surface area contributed by atoms with Gasteiger partial charge < -0.3 is 20.7 Å². The van der Waals surface area contributed by atoms with Crippen molar-refractivity contribution in [3.63, 3.8) is 0 Å². The van der Waals surface area contributed by atoms with E-state index in [1.807, 2.05) is 0 Å². The summed E-state index contributed by atoms with van der Waals surface area (Å²) in [6.07, 6.45) is -13.9.